The van der Waals surface area contributed by atoms with Crippen molar-refractivity contribution >= 4 is 44.8 Å². The monoisotopic (exact) mass is 326 g/mol. The molecule has 0 N–H and O–H groups in total. The number of rotatable bonds is 1. The van der Waals surface area contributed by atoms with Gasteiger partial charge in [0.25, 0.3) is 0 Å². The van der Waals surface area contributed by atoms with Gasteiger partial charge in [-0.1, -0.05) is 29.3 Å². The maximum atomic E-state index is 13.9. The van der Waals surface area contributed by atoms with Crippen LogP contribution in [0.4, 0.5) is 4.39 Å². The number of hydrogen-bond donors (Lipinski definition) is 0. The molecule has 0 aliphatic heterocycles. The van der Waals surface area contributed by atoms with Crippen LogP contribution < -0.4 is 0 Å². The van der Waals surface area contributed by atoms with Crippen molar-refractivity contribution in [3.63, 3.8) is 0 Å². The van der Waals surface area contributed by atoms with E-state index >= 15 is 0 Å². The summed E-state index contributed by atoms with van der Waals surface area (Å²) in [5.74, 6) is -0.246. The Hall–Kier alpha value is -1.23. The molecule has 0 saturated carbocycles. The largest absolute Gasteiger partial charge is 0.217 e. The molecule has 0 spiro atoms. The number of aromatic nitrogens is 2. The lowest BCUT2D eigenvalue weighted by Crippen LogP contribution is -1.94. The quantitative estimate of drug-likeness (QED) is 0.558. The van der Waals surface area contributed by atoms with Crippen LogP contribution in [0.2, 0.25) is 10.2 Å². The minimum Gasteiger partial charge on any atom is -0.217 e. The van der Waals surface area contributed by atoms with E-state index in [1.165, 1.54) is 17.4 Å². The summed E-state index contributed by atoms with van der Waals surface area (Å²) < 4.78 is 13.9. The second-order valence-corrected chi connectivity index (χ2v) is 6.37. The van der Waals surface area contributed by atoms with Crippen LogP contribution >= 0.6 is 34.5 Å². The molecule has 0 aliphatic rings. The van der Waals surface area contributed by atoms with Crippen molar-refractivity contribution in [3.05, 3.63) is 44.6 Å². The predicted molar refractivity (Wildman–Crippen MR) is 82.3 cm³/mol. The standard InChI is InChI=1S/C14H9Cl2FN2S/c1-6-7(2)20-14-10(6)12(16)18-13(19-14)11-8(15)4-3-5-9(11)17/h3-5H,1-2H3. The van der Waals surface area contributed by atoms with Gasteiger partial charge >= 0.3 is 0 Å². The van der Waals surface area contributed by atoms with E-state index in [1.54, 1.807) is 12.1 Å². The number of halogens is 3. The van der Waals surface area contributed by atoms with Gasteiger partial charge < -0.3 is 0 Å². The Bertz CT molecular complexity index is 809. The lowest BCUT2D eigenvalue weighted by atomic mass is 10.2. The molecule has 0 saturated heterocycles. The number of benzene rings is 1. The van der Waals surface area contributed by atoms with Gasteiger partial charge in [0.2, 0.25) is 0 Å². The molecular formula is C14H9Cl2FN2S. The second-order valence-electron chi connectivity index (χ2n) is 4.40. The Labute approximate surface area is 129 Å². The van der Waals surface area contributed by atoms with E-state index in [-0.39, 0.29) is 16.4 Å². The van der Waals surface area contributed by atoms with Crippen molar-refractivity contribution in [2.45, 2.75) is 13.8 Å². The Kier molecular flexibility index (Phi) is 3.40. The van der Waals surface area contributed by atoms with E-state index in [2.05, 4.69) is 9.97 Å². The number of hydrogen-bond acceptors (Lipinski definition) is 3. The van der Waals surface area contributed by atoms with Gasteiger partial charge in [-0.25, -0.2) is 14.4 Å². The molecule has 0 atom stereocenters. The highest BCUT2D eigenvalue weighted by atomic mass is 35.5. The Morgan fingerprint density at radius 2 is 1.90 bits per heavy atom. The van der Waals surface area contributed by atoms with Gasteiger partial charge in [-0.3, -0.25) is 0 Å². The summed E-state index contributed by atoms with van der Waals surface area (Å²) in [6, 6.07) is 4.47. The third-order valence-electron chi connectivity index (χ3n) is 3.17. The molecule has 2 aromatic heterocycles. The molecule has 20 heavy (non-hydrogen) atoms. The minimum atomic E-state index is -0.460. The first-order valence-electron chi connectivity index (χ1n) is 5.86. The number of fused-ring (bicyclic) bond motifs is 1. The highest BCUT2D eigenvalue weighted by Crippen LogP contribution is 2.36. The summed E-state index contributed by atoms with van der Waals surface area (Å²) in [4.78, 5) is 10.5. The van der Waals surface area contributed by atoms with E-state index in [1.807, 2.05) is 13.8 Å². The molecule has 1 aromatic carbocycles. The predicted octanol–water partition coefficient (Wildman–Crippen LogP) is 5.42. The van der Waals surface area contributed by atoms with Gasteiger partial charge in [-0.15, -0.1) is 11.3 Å². The molecule has 0 bridgehead atoms. The molecular weight excluding hydrogens is 318 g/mol. The lowest BCUT2D eigenvalue weighted by molar-refractivity contribution is 0.630. The summed E-state index contributed by atoms with van der Waals surface area (Å²) in [6.07, 6.45) is 0. The van der Waals surface area contributed by atoms with E-state index < -0.39 is 5.82 Å². The summed E-state index contributed by atoms with van der Waals surface area (Å²) in [5.41, 5.74) is 1.24. The third-order valence-corrected chi connectivity index (χ3v) is 4.86. The van der Waals surface area contributed by atoms with Gasteiger partial charge in [-0.05, 0) is 31.5 Å². The van der Waals surface area contributed by atoms with Crippen molar-refractivity contribution < 1.29 is 4.39 Å². The Balaban J connectivity index is 2.34. The van der Waals surface area contributed by atoms with Gasteiger partial charge in [0.05, 0.1) is 16.0 Å². The van der Waals surface area contributed by atoms with Gasteiger partial charge in [0.15, 0.2) is 5.82 Å². The molecule has 0 amide bonds. The number of aryl methyl sites for hydroxylation is 2. The summed E-state index contributed by atoms with van der Waals surface area (Å²) in [5, 5.41) is 1.42. The van der Waals surface area contributed by atoms with Crippen LogP contribution in [0.15, 0.2) is 18.2 Å². The molecule has 3 rings (SSSR count). The Morgan fingerprint density at radius 1 is 1.15 bits per heavy atom. The van der Waals surface area contributed by atoms with Gasteiger partial charge in [0, 0.05) is 4.88 Å². The molecule has 102 valence electrons. The maximum Gasteiger partial charge on any atom is 0.166 e. The van der Waals surface area contributed by atoms with Crippen LogP contribution in [0.25, 0.3) is 21.6 Å². The fourth-order valence-electron chi connectivity index (χ4n) is 2.02. The smallest absolute Gasteiger partial charge is 0.166 e. The summed E-state index contributed by atoms with van der Waals surface area (Å²) in [6.45, 7) is 3.97. The molecule has 0 aliphatic carbocycles. The minimum absolute atomic E-state index is 0.182. The average molecular weight is 327 g/mol. The molecule has 0 radical (unpaired) electrons. The fraction of sp³-hybridized carbons (Fsp3) is 0.143. The molecule has 2 heterocycles. The first-order valence-corrected chi connectivity index (χ1v) is 7.44. The van der Waals surface area contributed by atoms with Crippen molar-refractivity contribution in [1.29, 1.82) is 0 Å². The molecule has 2 nitrogen and oxygen atoms in total. The fourth-order valence-corrected chi connectivity index (χ4v) is 3.67. The first-order chi connectivity index (χ1) is 9.49. The van der Waals surface area contributed by atoms with Crippen LogP contribution in [0, 0.1) is 19.7 Å². The molecule has 0 fully saturated rings. The molecule has 3 aromatic rings. The van der Waals surface area contributed by atoms with Crippen molar-refractivity contribution in [2.75, 3.05) is 0 Å². The molecule has 0 unspecified atom stereocenters. The lowest BCUT2D eigenvalue weighted by Gasteiger charge is -2.05. The van der Waals surface area contributed by atoms with E-state index in [4.69, 9.17) is 23.2 Å². The van der Waals surface area contributed by atoms with Crippen LogP contribution in [-0.2, 0) is 0 Å². The van der Waals surface area contributed by atoms with Crippen molar-refractivity contribution in [3.8, 4) is 11.4 Å². The SMILES string of the molecule is Cc1sc2nc(-c3c(F)cccc3Cl)nc(Cl)c2c1C. The van der Waals surface area contributed by atoms with Gasteiger partial charge in [-0.2, -0.15) is 0 Å². The highest BCUT2D eigenvalue weighted by molar-refractivity contribution is 7.18. The topological polar surface area (TPSA) is 25.8 Å². The summed E-state index contributed by atoms with van der Waals surface area (Å²) >= 11 is 13.8. The van der Waals surface area contributed by atoms with Crippen LogP contribution in [0.5, 0.6) is 0 Å². The van der Waals surface area contributed by atoms with Crippen LogP contribution in [0.3, 0.4) is 0 Å². The maximum absolute atomic E-state index is 13.9. The van der Waals surface area contributed by atoms with Crippen molar-refractivity contribution in [2.24, 2.45) is 0 Å². The number of nitrogens with zero attached hydrogens (tertiary/aromatic N) is 2. The second kappa shape index (κ2) is 4.95. The zero-order valence-electron chi connectivity index (χ0n) is 10.7. The van der Waals surface area contributed by atoms with Crippen LogP contribution in [0.1, 0.15) is 10.4 Å². The van der Waals surface area contributed by atoms with E-state index in [9.17, 15) is 4.39 Å². The van der Waals surface area contributed by atoms with Crippen molar-refractivity contribution in [1.82, 2.24) is 9.97 Å². The normalized spacial score (nSPS) is 11.2. The number of thiophene rings is 1. The zero-order valence-corrected chi connectivity index (χ0v) is 13.0. The molecule has 6 heteroatoms. The van der Waals surface area contributed by atoms with E-state index in [0.717, 1.165) is 20.7 Å². The van der Waals surface area contributed by atoms with Crippen LogP contribution in [-0.4, -0.2) is 9.97 Å². The average Bonchev–Trinajstić information content (AvgIpc) is 2.65. The zero-order chi connectivity index (χ0) is 14.4. The highest BCUT2D eigenvalue weighted by Gasteiger charge is 2.17. The summed E-state index contributed by atoms with van der Waals surface area (Å²) in [7, 11) is 0. The Morgan fingerprint density at radius 3 is 2.60 bits per heavy atom. The third kappa shape index (κ3) is 2.08. The van der Waals surface area contributed by atoms with Gasteiger partial charge in [0.1, 0.15) is 15.8 Å². The first kappa shape index (κ1) is 13.7. The van der Waals surface area contributed by atoms with E-state index in [0.29, 0.717) is 5.15 Å².